The molecule has 9 heteroatoms. The molecule has 0 fully saturated rings. The fourth-order valence-corrected chi connectivity index (χ4v) is 3.33. The van der Waals surface area contributed by atoms with E-state index in [-0.39, 0.29) is 11.8 Å². The van der Waals surface area contributed by atoms with Gasteiger partial charge in [-0.25, -0.2) is 4.68 Å². The number of thiophene rings is 1. The van der Waals surface area contributed by atoms with Crippen LogP contribution in [0.3, 0.4) is 0 Å². The topological polar surface area (TPSA) is 102 Å². The molecule has 4 aromatic rings. The molecular formula is C20H16N6O2S. The molecule has 2 N–H and O–H groups in total. The maximum Gasteiger partial charge on any atom is 0.265 e. The Morgan fingerprint density at radius 3 is 2.41 bits per heavy atom. The fraction of sp³-hybridized carbons (Fsp3) is 0.0500. The van der Waals surface area contributed by atoms with Crippen LogP contribution in [0.1, 0.15) is 25.6 Å². The second-order valence-corrected chi connectivity index (χ2v) is 7.17. The molecule has 29 heavy (non-hydrogen) atoms. The second-order valence-electron chi connectivity index (χ2n) is 6.22. The zero-order chi connectivity index (χ0) is 20.2. The number of anilines is 2. The third-order valence-corrected chi connectivity index (χ3v) is 5.08. The van der Waals surface area contributed by atoms with Crippen molar-refractivity contribution in [3.05, 3.63) is 82.3 Å². The standard InChI is InChI=1S/C20H16N6O2S/c1-13-4-7-16(11-17(13)26-12-21-24-25-26)23-19(27)14-5-8-15(9-6-14)22-20(28)18-3-2-10-29-18/h2-12H,1H3,(H,22,28)(H,23,27). The zero-order valence-electron chi connectivity index (χ0n) is 15.4. The Hall–Kier alpha value is -3.85. The van der Waals surface area contributed by atoms with E-state index in [9.17, 15) is 9.59 Å². The van der Waals surface area contributed by atoms with Crippen molar-refractivity contribution in [2.75, 3.05) is 10.6 Å². The van der Waals surface area contributed by atoms with E-state index in [1.165, 1.54) is 22.3 Å². The highest BCUT2D eigenvalue weighted by Gasteiger charge is 2.11. The lowest BCUT2D eigenvalue weighted by Crippen LogP contribution is -2.13. The molecule has 2 aromatic carbocycles. The molecule has 2 amide bonds. The molecule has 0 radical (unpaired) electrons. The van der Waals surface area contributed by atoms with Crippen molar-refractivity contribution in [1.82, 2.24) is 20.2 Å². The number of nitrogens with zero attached hydrogens (tertiary/aromatic N) is 4. The van der Waals surface area contributed by atoms with Crippen LogP contribution >= 0.6 is 11.3 Å². The summed E-state index contributed by atoms with van der Waals surface area (Å²) in [5.74, 6) is -0.431. The number of tetrazole rings is 1. The van der Waals surface area contributed by atoms with Crippen molar-refractivity contribution in [2.45, 2.75) is 6.92 Å². The Balaban J connectivity index is 1.45. The summed E-state index contributed by atoms with van der Waals surface area (Å²) in [5, 5.41) is 18.7. The van der Waals surface area contributed by atoms with Gasteiger partial charge in [0.2, 0.25) is 0 Å². The van der Waals surface area contributed by atoms with Gasteiger partial charge >= 0.3 is 0 Å². The molecule has 0 aliphatic carbocycles. The van der Waals surface area contributed by atoms with Gasteiger partial charge in [0, 0.05) is 16.9 Å². The van der Waals surface area contributed by atoms with Gasteiger partial charge < -0.3 is 10.6 Å². The van der Waals surface area contributed by atoms with Crippen molar-refractivity contribution in [2.24, 2.45) is 0 Å². The summed E-state index contributed by atoms with van der Waals surface area (Å²) >= 11 is 1.37. The molecule has 0 saturated carbocycles. The third-order valence-electron chi connectivity index (χ3n) is 4.21. The van der Waals surface area contributed by atoms with Crippen LogP contribution in [0.5, 0.6) is 0 Å². The summed E-state index contributed by atoms with van der Waals surface area (Å²) in [5.41, 5.74) is 3.47. The number of hydrogen-bond acceptors (Lipinski definition) is 6. The molecule has 0 unspecified atom stereocenters. The Labute approximate surface area is 170 Å². The van der Waals surface area contributed by atoms with Crippen LogP contribution in [-0.2, 0) is 0 Å². The number of rotatable bonds is 5. The predicted molar refractivity (Wildman–Crippen MR) is 111 cm³/mol. The van der Waals surface area contributed by atoms with Crippen LogP contribution in [-0.4, -0.2) is 32.0 Å². The van der Waals surface area contributed by atoms with E-state index >= 15 is 0 Å². The predicted octanol–water partition coefficient (Wildman–Crippen LogP) is 3.54. The average Bonchev–Trinajstić information content (AvgIpc) is 3.44. The summed E-state index contributed by atoms with van der Waals surface area (Å²) in [6, 6.07) is 15.8. The van der Waals surface area contributed by atoms with Crippen molar-refractivity contribution in [3.63, 3.8) is 0 Å². The van der Waals surface area contributed by atoms with E-state index in [4.69, 9.17) is 0 Å². The van der Waals surface area contributed by atoms with Crippen LogP contribution in [0.25, 0.3) is 5.69 Å². The summed E-state index contributed by atoms with van der Waals surface area (Å²) in [6.45, 7) is 1.94. The number of hydrogen-bond donors (Lipinski definition) is 2. The van der Waals surface area contributed by atoms with Gasteiger partial charge in [-0.05, 0) is 70.8 Å². The highest BCUT2D eigenvalue weighted by Crippen LogP contribution is 2.20. The normalized spacial score (nSPS) is 10.5. The van der Waals surface area contributed by atoms with Crippen molar-refractivity contribution in [1.29, 1.82) is 0 Å². The van der Waals surface area contributed by atoms with Crippen molar-refractivity contribution < 1.29 is 9.59 Å². The number of carbonyl (C=O) groups excluding carboxylic acids is 2. The Morgan fingerprint density at radius 1 is 0.966 bits per heavy atom. The van der Waals surface area contributed by atoms with E-state index in [0.717, 1.165) is 11.3 Å². The van der Waals surface area contributed by atoms with Gasteiger partial charge in [0.05, 0.1) is 10.6 Å². The number of nitrogens with one attached hydrogen (secondary N) is 2. The molecule has 2 heterocycles. The van der Waals surface area contributed by atoms with Gasteiger partial charge in [0.1, 0.15) is 6.33 Å². The minimum atomic E-state index is -0.257. The smallest absolute Gasteiger partial charge is 0.265 e. The van der Waals surface area contributed by atoms with Crippen LogP contribution < -0.4 is 10.6 Å². The molecule has 8 nitrogen and oxygen atoms in total. The number of amides is 2. The quantitative estimate of drug-likeness (QED) is 0.530. The van der Waals surface area contributed by atoms with Gasteiger partial charge in [0.25, 0.3) is 11.8 Å². The van der Waals surface area contributed by atoms with Gasteiger partial charge in [-0.1, -0.05) is 12.1 Å². The van der Waals surface area contributed by atoms with E-state index in [1.807, 2.05) is 30.5 Å². The minimum Gasteiger partial charge on any atom is -0.322 e. The highest BCUT2D eigenvalue weighted by molar-refractivity contribution is 7.12. The lowest BCUT2D eigenvalue weighted by molar-refractivity contribution is 0.102. The maximum absolute atomic E-state index is 12.6. The molecule has 144 valence electrons. The van der Waals surface area contributed by atoms with E-state index < -0.39 is 0 Å². The molecule has 0 atom stereocenters. The minimum absolute atomic E-state index is 0.174. The third kappa shape index (κ3) is 4.19. The van der Waals surface area contributed by atoms with Gasteiger partial charge in [-0.3, -0.25) is 9.59 Å². The van der Waals surface area contributed by atoms with Crippen molar-refractivity contribution in [3.8, 4) is 5.69 Å². The van der Waals surface area contributed by atoms with Crippen LogP contribution in [0.2, 0.25) is 0 Å². The monoisotopic (exact) mass is 404 g/mol. The summed E-state index contributed by atoms with van der Waals surface area (Å²) < 4.78 is 1.54. The number of aromatic nitrogens is 4. The molecule has 0 saturated heterocycles. The summed E-state index contributed by atoms with van der Waals surface area (Å²) in [6.07, 6.45) is 1.50. The fourth-order valence-electron chi connectivity index (χ4n) is 2.71. The average molecular weight is 404 g/mol. The van der Waals surface area contributed by atoms with Gasteiger partial charge in [-0.2, -0.15) is 0 Å². The molecule has 0 spiro atoms. The van der Waals surface area contributed by atoms with E-state index in [0.29, 0.717) is 21.8 Å². The first-order valence-corrected chi connectivity index (χ1v) is 9.58. The first kappa shape index (κ1) is 18.5. The Kier molecular flexibility index (Phi) is 5.12. The first-order chi connectivity index (χ1) is 14.1. The molecule has 0 aliphatic rings. The molecule has 4 rings (SSSR count). The number of benzene rings is 2. The largest absolute Gasteiger partial charge is 0.322 e. The molecule has 0 aliphatic heterocycles. The molecule has 0 bridgehead atoms. The van der Waals surface area contributed by atoms with Gasteiger partial charge in [-0.15, -0.1) is 16.4 Å². The molecular weight excluding hydrogens is 388 g/mol. The number of aryl methyl sites for hydroxylation is 1. The maximum atomic E-state index is 12.6. The first-order valence-electron chi connectivity index (χ1n) is 8.70. The number of carbonyl (C=O) groups is 2. The zero-order valence-corrected chi connectivity index (χ0v) is 16.2. The summed E-state index contributed by atoms with van der Waals surface area (Å²) in [4.78, 5) is 25.3. The lowest BCUT2D eigenvalue weighted by atomic mass is 10.1. The van der Waals surface area contributed by atoms with Gasteiger partial charge in [0.15, 0.2) is 0 Å². The van der Waals surface area contributed by atoms with Crippen LogP contribution in [0, 0.1) is 6.92 Å². The second kappa shape index (κ2) is 8.03. The van der Waals surface area contributed by atoms with E-state index in [1.54, 1.807) is 36.4 Å². The Bertz CT molecular complexity index is 1140. The van der Waals surface area contributed by atoms with E-state index in [2.05, 4.69) is 26.2 Å². The molecule has 2 aromatic heterocycles. The van der Waals surface area contributed by atoms with Crippen molar-refractivity contribution >= 4 is 34.5 Å². The SMILES string of the molecule is Cc1ccc(NC(=O)c2ccc(NC(=O)c3cccs3)cc2)cc1-n1cnnn1. The highest BCUT2D eigenvalue weighted by atomic mass is 32.1. The Morgan fingerprint density at radius 2 is 1.72 bits per heavy atom. The summed E-state index contributed by atoms with van der Waals surface area (Å²) in [7, 11) is 0. The lowest BCUT2D eigenvalue weighted by Gasteiger charge is -2.10. The van der Waals surface area contributed by atoms with Crippen LogP contribution in [0.4, 0.5) is 11.4 Å². The van der Waals surface area contributed by atoms with Crippen LogP contribution in [0.15, 0.2) is 66.3 Å².